The minimum atomic E-state index is -0.00905. The van der Waals surface area contributed by atoms with Gasteiger partial charge in [-0.3, -0.25) is 0 Å². The summed E-state index contributed by atoms with van der Waals surface area (Å²) in [5.41, 5.74) is 0. The van der Waals surface area contributed by atoms with Crippen LogP contribution in [0.1, 0.15) is 51.9 Å². The maximum Gasteiger partial charge on any atom is 0.0580 e. The van der Waals surface area contributed by atoms with E-state index in [1.807, 2.05) is 0 Å². The highest BCUT2D eigenvalue weighted by molar-refractivity contribution is 4.80. The molecule has 0 aromatic rings. The minimum absolute atomic E-state index is 0.00905. The van der Waals surface area contributed by atoms with Gasteiger partial charge in [-0.1, -0.05) is 19.8 Å². The van der Waals surface area contributed by atoms with Crippen LogP contribution in [-0.2, 0) is 0 Å². The van der Waals surface area contributed by atoms with Crippen molar-refractivity contribution in [2.75, 3.05) is 19.6 Å². The van der Waals surface area contributed by atoms with Gasteiger partial charge in [-0.05, 0) is 57.0 Å². The van der Waals surface area contributed by atoms with Crippen LogP contribution < -0.4 is 0 Å². The molecule has 94 valence electrons. The van der Waals surface area contributed by atoms with Crippen molar-refractivity contribution in [3.8, 4) is 0 Å². The minimum Gasteiger partial charge on any atom is -0.393 e. The van der Waals surface area contributed by atoms with E-state index < -0.39 is 0 Å². The van der Waals surface area contributed by atoms with Crippen molar-refractivity contribution < 1.29 is 5.11 Å². The summed E-state index contributed by atoms with van der Waals surface area (Å²) in [4.78, 5) is 2.61. The Morgan fingerprint density at radius 2 is 1.94 bits per heavy atom. The molecule has 3 atom stereocenters. The Morgan fingerprint density at radius 3 is 2.62 bits per heavy atom. The highest BCUT2D eigenvalue weighted by atomic mass is 16.3. The molecule has 1 N–H and O–H groups in total. The normalized spacial score (nSPS) is 37.5. The van der Waals surface area contributed by atoms with Gasteiger partial charge in [-0.25, -0.2) is 0 Å². The number of nitrogens with zero attached hydrogens (tertiary/aromatic N) is 1. The Hall–Kier alpha value is -0.0800. The smallest absolute Gasteiger partial charge is 0.0580 e. The first-order valence-corrected chi connectivity index (χ1v) is 7.20. The molecule has 16 heavy (non-hydrogen) atoms. The predicted octanol–water partition coefficient (Wildman–Crippen LogP) is 2.66. The molecular formula is C14H27NO. The standard InChI is InChI=1S/C14H27NO/c1-2-12-5-4-9-15(10-8-12)11-13-6-3-7-14(13)16/h12-14,16H,2-11H2,1H3. The summed E-state index contributed by atoms with van der Waals surface area (Å²) >= 11 is 0. The zero-order chi connectivity index (χ0) is 11.4. The van der Waals surface area contributed by atoms with Crippen molar-refractivity contribution in [1.29, 1.82) is 0 Å². The third-order valence-electron chi connectivity index (χ3n) is 4.63. The van der Waals surface area contributed by atoms with E-state index in [0.29, 0.717) is 5.92 Å². The van der Waals surface area contributed by atoms with Gasteiger partial charge in [0, 0.05) is 6.54 Å². The fourth-order valence-electron chi connectivity index (χ4n) is 3.38. The second-order valence-corrected chi connectivity index (χ2v) is 5.76. The largest absolute Gasteiger partial charge is 0.393 e. The van der Waals surface area contributed by atoms with Gasteiger partial charge in [-0.15, -0.1) is 0 Å². The summed E-state index contributed by atoms with van der Waals surface area (Å²) in [6.45, 7) is 6.00. The SMILES string of the molecule is CCC1CCCN(CC2CCCC2O)CC1. The van der Waals surface area contributed by atoms with Crippen molar-refractivity contribution in [1.82, 2.24) is 4.90 Å². The van der Waals surface area contributed by atoms with Gasteiger partial charge < -0.3 is 10.0 Å². The maximum absolute atomic E-state index is 9.86. The Kier molecular flexibility index (Phi) is 4.66. The van der Waals surface area contributed by atoms with Crippen molar-refractivity contribution in [3.05, 3.63) is 0 Å². The lowest BCUT2D eigenvalue weighted by Crippen LogP contribution is -2.33. The van der Waals surface area contributed by atoms with Crippen molar-refractivity contribution in [3.63, 3.8) is 0 Å². The molecule has 2 fully saturated rings. The molecule has 0 radical (unpaired) electrons. The summed E-state index contributed by atoms with van der Waals surface area (Å²) in [5, 5.41) is 9.86. The summed E-state index contributed by atoms with van der Waals surface area (Å²) in [7, 11) is 0. The van der Waals surface area contributed by atoms with Crippen LogP contribution in [0.3, 0.4) is 0 Å². The van der Waals surface area contributed by atoms with Gasteiger partial charge in [0.25, 0.3) is 0 Å². The second kappa shape index (κ2) is 6.02. The molecule has 2 aliphatic rings. The third-order valence-corrected chi connectivity index (χ3v) is 4.63. The molecule has 1 saturated carbocycles. The molecule has 0 bridgehead atoms. The fourth-order valence-corrected chi connectivity index (χ4v) is 3.38. The zero-order valence-corrected chi connectivity index (χ0v) is 10.7. The lowest BCUT2D eigenvalue weighted by atomic mass is 9.98. The predicted molar refractivity (Wildman–Crippen MR) is 67.4 cm³/mol. The Morgan fingerprint density at radius 1 is 1.06 bits per heavy atom. The van der Waals surface area contributed by atoms with E-state index in [-0.39, 0.29) is 6.10 Å². The van der Waals surface area contributed by atoms with Gasteiger partial charge in [0.05, 0.1) is 6.10 Å². The molecular weight excluding hydrogens is 198 g/mol. The third kappa shape index (κ3) is 3.21. The van der Waals surface area contributed by atoms with Crippen LogP contribution in [0.25, 0.3) is 0 Å². The topological polar surface area (TPSA) is 23.5 Å². The highest BCUT2D eigenvalue weighted by Gasteiger charge is 2.27. The Labute approximate surface area is 100 Å². The maximum atomic E-state index is 9.86. The molecule has 0 spiro atoms. The summed E-state index contributed by atoms with van der Waals surface area (Å²) in [6, 6.07) is 0. The Bertz CT molecular complexity index is 207. The monoisotopic (exact) mass is 225 g/mol. The lowest BCUT2D eigenvalue weighted by Gasteiger charge is -2.25. The molecule has 1 aliphatic carbocycles. The van der Waals surface area contributed by atoms with Crippen LogP contribution in [-0.4, -0.2) is 35.7 Å². The van der Waals surface area contributed by atoms with Gasteiger partial charge in [0.15, 0.2) is 0 Å². The molecule has 2 heteroatoms. The van der Waals surface area contributed by atoms with Crippen LogP contribution in [0, 0.1) is 11.8 Å². The van der Waals surface area contributed by atoms with E-state index in [1.165, 1.54) is 51.6 Å². The lowest BCUT2D eigenvalue weighted by molar-refractivity contribution is 0.103. The van der Waals surface area contributed by atoms with Crippen LogP contribution in [0.5, 0.6) is 0 Å². The van der Waals surface area contributed by atoms with Crippen LogP contribution in [0.2, 0.25) is 0 Å². The van der Waals surface area contributed by atoms with Gasteiger partial charge in [0.1, 0.15) is 0 Å². The first-order chi connectivity index (χ1) is 7.79. The van der Waals surface area contributed by atoms with E-state index in [4.69, 9.17) is 0 Å². The number of aliphatic hydroxyl groups excluding tert-OH is 1. The van der Waals surface area contributed by atoms with Gasteiger partial charge >= 0.3 is 0 Å². The summed E-state index contributed by atoms with van der Waals surface area (Å²) < 4.78 is 0. The van der Waals surface area contributed by atoms with Crippen molar-refractivity contribution >= 4 is 0 Å². The number of aliphatic hydroxyl groups is 1. The van der Waals surface area contributed by atoms with Gasteiger partial charge in [0.2, 0.25) is 0 Å². The summed E-state index contributed by atoms with van der Waals surface area (Å²) in [6.07, 6.45) is 9.01. The Balaban J connectivity index is 1.77. The molecule has 2 nitrogen and oxygen atoms in total. The molecule has 1 heterocycles. The molecule has 2 rings (SSSR count). The van der Waals surface area contributed by atoms with Crippen molar-refractivity contribution in [2.24, 2.45) is 11.8 Å². The van der Waals surface area contributed by atoms with Crippen LogP contribution >= 0.6 is 0 Å². The number of hydrogen-bond donors (Lipinski definition) is 1. The highest BCUT2D eigenvalue weighted by Crippen LogP contribution is 2.28. The molecule has 0 aromatic heterocycles. The summed E-state index contributed by atoms with van der Waals surface area (Å²) in [5.74, 6) is 1.52. The number of rotatable bonds is 3. The van der Waals surface area contributed by atoms with Crippen molar-refractivity contribution in [2.45, 2.75) is 58.0 Å². The molecule has 3 unspecified atom stereocenters. The number of likely N-dealkylation sites (tertiary alicyclic amines) is 1. The first-order valence-electron chi connectivity index (χ1n) is 7.20. The molecule has 0 aromatic carbocycles. The van der Waals surface area contributed by atoms with E-state index in [0.717, 1.165) is 18.9 Å². The number of hydrogen-bond acceptors (Lipinski definition) is 2. The second-order valence-electron chi connectivity index (χ2n) is 5.76. The van der Waals surface area contributed by atoms with E-state index in [2.05, 4.69) is 11.8 Å². The first kappa shape index (κ1) is 12.4. The molecule has 1 saturated heterocycles. The fraction of sp³-hybridized carbons (Fsp3) is 1.00. The quantitative estimate of drug-likeness (QED) is 0.798. The van der Waals surface area contributed by atoms with Gasteiger partial charge in [-0.2, -0.15) is 0 Å². The zero-order valence-electron chi connectivity index (χ0n) is 10.7. The average Bonchev–Trinajstić information content (AvgIpc) is 2.56. The average molecular weight is 225 g/mol. The van der Waals surface area contributed by atoms with E-state index >= 15 is 0 Å². The van der Waals surface area contributed by atoms with Crippen LogP contribution in [0.4, 0.5) is 0 Å². The molecule has 0 amide bonds. The van der Waals surface area contributed by atoms with E-state index in [1.54, 1.807) is 0 Å². The van der Waals surface area contributed by atoms with E-state index in [9.17, 15) is 5.11 Å². The molecule has 1 aliphatic heterocycles. The van der Waals surface area contributed by atoms with Crippen LogP contribution in [0.15, 0.2) is 0 Å².